The molecule has 0 aromatic carbocycles. The summed E-state index contributed by atoms with van der Waals surface area (Å²) in [5.41, 5.74) is -7.59. The van der Waals surface area contributed by atoms with Gasteiger partial charge in [-0.3, -0.25) is 19.2 Å². The molecular formula is C49H90N2O8. The molecule has 0 aromatic rings. The van der Waals surface area contributed by atoms with E-state index in [1.807, 2.05) is 27.7 Å². The van der Waals surface area contributed by atoms with Gasteiger partial charge in [0, 0.05) is 22.2 Å². The second-order valence-corrected chi connectivity index (χ2v) is 21.8. The molecule has 0 aliphatic carbocycles. The number of rotatable bonds is 30. The Morgan fingerprint density at radius 2 is 0.797 bits per heavy atom. The highest BCUT2D eigenvalue weighted by Crippen LogP contribution is 2.58. The molecule has 2 saturated heterocycles. The first-order chi connectivity index (χ1) is 27.4. The molecule has 344 valence electrons. The third-order valence-electron chi connectivity index (χ3n) is 14.4. The molecule has 6 N–H and O–H groups in total. The Morgan fingerprint density at radius 3 is 1.08 bits per heavy atom. The van der Waals surface area contributed by atoms with E-state index in [9.17, 15) is 39.6 Å². The minimum absolute atomic E-state index is 0.0535. The summed E-state index contributed by atoms with van der Waals surface area (Å²) in [4.78, 5) is 53.6. The second kappa shape index (κ2) is 23.3. The Kier molecular flexibility index (Phi) is 20.9. The lowest BCUT2D eigenvalue weighted by atomic mass is 9.48. The highest BCUT2D eigenvalue weighted by Gasteiger charge is 2.75. The first-order valence-electron chi connectivity index (χ1n) is 24.0. The number of aliphatic carboxylic acids is 4. The van der Waals surface area contributed by atoms with Crippen molar-refractivity contribution in [3.8, 4) is 0 Å². The summed E-state index contributed by atoms with van der Waals surface area (Å²) in [6.45, 7) is 20.6. The molecule has 2 fully saturated rings. The molecule has 10 heteroatoms. The molecule has 3 unspecified atom stereocenters. The van der Waals surface area contributed by atoms with Crippen LogP contribution >= 0.6 is 0 Å². The summed E-state index contributed by atoms with van der Waals surface area (Å²) >= 11 is 0. The zero-order chi connectivity index (χ0) is 44.7. The molecule has 0 spiro atoms. The maximum Gasteiger partial charge on any atom is 0.333 e. The quantitative estimate of drug-likeness (QED) is 0.0302. The van der Waals surface area contributed by atoms with Crippen LogP contribution in [0.25, 0.3) is 0 Å². The zero-order valence-corrected chi connectivity index (χ0v) is 39.4. The van der Waals surface area contributed by atoms with E-state index < -0.39 is 64.0 Å². The van der Waals surface area contributed by atoms with E-state index in [1.165, 1.54) is 103 Å². The molecule has 2 aliphatic rings. The maximum atomic E-state index is 13.9. The van der Waals surface area contributed by atoms with Crippen LogP contribution in [0.2, 0.25) is 0 Å². The van der Waals surface area contributed by atoms with Crippen molar-refractivity contribution in [2.24, 2.45) is 34.5 Å². The van der Waals surface area contributed by atoms with Gasteiger partial charge in [0.1, 0.15) is 5.41 Å². The van der Waals surface area contributed by atoms with Crippen LogP contribution in [0.5, 0.6) is 0 Å². The SMILES string of the molecule is CCCCCCCCCCCCCCCCCCCCC(CC(C1CC(C)(C)NC(C)(C)C1)C(CC)(C(=O)O)C(C(=O)O)(C(=O)O)C(=O)O)C1CC(C)(C)NC(C)(C)C1. The Morgan fingerprint density at radius 1 is 0.492 bits per heavy atom. The van der Waals surface area contributed by atoms with Crippen LogP contribution in [-0.2, 0) is 19.2 Å². The van der Waals surface area contributed by atoms with Gasteiger partial charge in [-0.25, -0.2) is 0 Å². The summed E-state index contributed by atoms with van der Waals surface area (Å²) < 4.78 is 0. The monoisotopic (exact) mass is 835 g/mol. The standard InChI is InChI=1S/C49H90N2O8/c1-11-13-14-15-16-17-18-19-20-21-22-23-24-25-26-27-28-29-30-36(37-32-44(3,4)50-45(5,6)33-37)31-39(38-34-46(7,8)51-47(9,10)35-38)48(12-2,40(52)53)49(41(54)55,42(56)57)43(58)59/h36-39,50-51H,11-35H2,1-10H3,(H,52,53)(H,54,55)(H,56,57)(H,58,59). The molecule has 0 amide bonds. The molecular weight excluding hydrogens is 745 g/mol. The predicted molar refractivity (Wildman–Crippen MR) is 239 cm³/mol. The van der Waals surface area contributed by atoms with Crippen LogP contribution in [0.15, 0.2) is 0 Å². The smallest absolute Gasteiger partial charge is 0.333 e. The van der Waals surface area contributed by atoms with Crippen LogP contribution in [0.1, 0.15) is 230 Å². The van der Waals surface area contributed by atoms with Crippen molar-refractivity contribution < 1.29 is 39.6 Å². The maximum absolute atomic E-state index is 13.9. The third-order valence-corrected chi connectivity index (χ3v) is 14.4. The van der Waals surface area contributed by atoms with Crippen molar-refractivity contribution in [3.05, 3.63) is 0 Å². The van der Waals surface area contributed by atoms with E-state index in [2.05, 4.69) is 45.3 Å². The highest BCUT2D eigenvalue weighted by molar-refractivity contribution is 6.20. The van der Waals surface area contributed by atoms with Crippen molar-refractivity contribution in [1.29, 1.82) is 0 Å². The van der Waals surface area contributed by atoms with Gasteiger partial charge in [0.15, 0.2) is 0 Å². The third kappa shape index (κ3) is 15.0. The molecule has 3 atom stereocenters. The average Bonchev–Trinajstić information content (AvgIpc) is 3.08. The van der Waals surface area contributed by atoms with Gasteiger partial charge in [0.25, 0.3) is 5.41 Å². The number of carboxylic acid groups (broad SMARTS) is 4. The number of hydrogen-bond acceptors (Lipinski definition) is 6. The topological polar surface area (TPSA) is 173 Å². The molecule has 2 aliphatic heterocycles. The lowest BCUT2D eigenvalue weighted by Gasteiger charge is -2.55. The van der Waals surface area contributed by atoms with Crippen LogP contribution in [0, 0.1) is 34.5 Å². The second-order valence-electron chi connectivity index (χ2n) is 21.8. The normalized spacial score (nSPS) is 21.3. The van der Waals surface area contributed by atoms with E-state index >= 15 is 0 Å². The fourth-order valence-corrected chi connectivity index (χ4v) is 12.5. The first kappa shape index (κ1) is 52.9. The molecule has 0 aromatic heterocycles. The van der Waals surface area contributed by atoms with Gasteiger partial charge in [0.05, 0.1) is 0 Å². The Labute approximate surface area is 359 Å². The molecule has 59 heavy (non-hydrogen) atoms. The number of nitrogens with one attached hydrogen (secondary N) is 2. The van der Waals surface area contributed by atoms with Gasteiger partial charge in [-0.15, -0.1) is 0 Å². The number of carboxylic acids is 4. The van der Waals surface area contributed by atoms with Crippen molar-refractivity contribution in [1.82, 2.24) is 10.6 Å². The summed E-state index contributed by atoms with van der Waals surface area (Å²) in [6, 6.07) is 0. The van der Waals surface area contributed by atoms with Crippen LogP contribution < -0.4 is 10.6 Å². The van der Waals surface area contributed by atoms with Gasteiger partial charge in [0.2, 0.25) is 0 Å². The lowest BCUT2D eigenvalue weighted by Crippen LogP contribution is -2.67. The molecule has 10 nitrogen and oxygen atoms in total. The van der Waals surface area contributed by atoms with E-state index in [0.29, 0.717) is 12.8 Å². The number of piperidine rings is 2. The molecule has 2 heterocycles. The van der Waals surface area contributed by atoms with Crippen LogP contribution in [0.4, 0.5) is 0 Å². The van der Waals surface area contributed by atoms with Gasteiger partial charge in [-0.1, -0.05) is 136 Å². The minimum atomic E-state index is -3.58. The minimum Gasteiger partial charge on any atom is -0.481 e. The lowest BCUT2D eigenvalue weighted by molar-refractivity contribution is -0.205. The fourth-order valence-electron chi connectivity index (χ4n) is 12.5. The van der Waals surface area contributed by atoms with E-state index in [-0.39, 0.29) is 29.3 Å². The summed E-state index contributed by atoms with van der Waals surface area (Å²) in [5, 5.41) is 50.7. The van der Waals surface area contributed by atoms with Crippen LogP contribution in [-0.4, -0.2) is 66.5 Å². The van der Waals surface area contributed by atoms with Gasteiger partial charge in [-0.05, 0) is 118 Å². The highest BCUT2D eigenvalue weighted by atomic mass is 16.4. The van der Waals surface area contributed by atoms with Gasteiger partial charge >= 0.3 is 23.9 Å². The molecule has 2 rings (SSSR count). The number of carbonyl (C=O) groups is 4. The Bertz CT molecular complexity index is 1260. The number of hydrogen-bond donors (Lipinski definition) is 6. The van der Waals surface area contributed by atoms with Crippen molar-refractivity contribution in [2.45, 2.75) is 252 Å². The Balaban J connectivity index is 2.31. The summed E-state index contributed by atoms with van der Waals surface area (Å²) in [7, 11) is 0. The van der Waals surface area contributed by atoms with E-state index in [4.69, 9.17) is 0 Å². The van der Waals surface area contributed by atoms with Crippen molar-refractivity contribution >= 4 is 23.9 Å². The molecule has 0 radical (unpaired) electrons. The largest absolute Gasteiger partial charge is 0.481 e. The van der Waals surface area contributed by atoms with Crippen molar-refractivity contribution in [3.63, 3.8) is 0 Å². The summed E-state index contributed by atoms with van der Waals surface area (Å²) in [6.07, 6.45) is 26.2. The predicted octanol–water partition coefficient (Wildman–Crippen LogP) is 11.9. The summed E-state index contributed by atoms with van der Waals surface area (Å²) in [5.74, 6) is -9.45. The Hall–Kier alpha value is -2.20. The molecule has 0 saturated carbocycles. The number of unbranched alkanes of at least 4 members (excludes halogenated alkanes) is 17. The van der Waals surface area contributed by atoms with Gasteiger partial charge < -0.3 is 31.1 Å². The van der Waals surface area contributed by atoms with E-state index in [1.54, 1.807) is 0 Å². The average molecular weight is 835 g/mol. The van der Waals surface area contributed by atoms with Crippen molar-refractivity contribution in [2.75, 3.05) is 0 Å². The first-order valence-corrected chi connectivity index (χ1v) is 24.0. The molecule has 0 bridgehead atoms. The zero-order valence-electron chi connectivity index (χ0n) is 39.4. The van der Waals surface area contributed by atoms with E-state index in [0.717, 1.165) is 38.5 Å². The fraction of sp³-hybridized carbons (Fsp3) is 0.918. The van der Waals surface area contributed by atoms with Crippen LogP contribution in [0.3, 0.4) is 0 Å². The van der Waals surface area contributed by atoms with Gasteiger partial charge in [-0.2, -0.15) is 0 Å².